The highest BCUT2D eigenvalue weighted by atomic mass is 32.1. The summed E-state index contributed by atoms with van der Waals surface area (Å²) in [7, 11) is 0. The van der Waals surface area contributed by atoms with Gasteiger partial charge in [0.2, 0.25) is 0 Å². The molecule has 3 heteroatoms. The van der Waals surface area contributed by atoms with Crippen LogP contribution < -0.4 is 0 Å². The van der Waals surface area contributed by atoms with Gasteiger partial charge in [-0.1, -0.05) is 62.3 Å². The molecule has 1 heterocycles. The minimum absolute atomic E-state index is 0.766. The van der Waals surface area contributed by atoms with Crippen molar-refractivity contribution >= 4 is 11.3 Å². The number of aryl methyl sites for hydroxylation is 1. The van der Waals surface area contributed by atoms with Crippen LogP contribution in [-0.2, 0) is 6.42 Å². The summed E-state index contributed by atoms with van der Waals surface area (Å²) in [4.78, 5) is 0. The average molecular weight is 329 g/mol. The van der Waals surface area contributed by atoms with Crippen molar-refractivity contribution in [3.8, 4) is 10.6 Å². The summed E-state index contributed by atoms with van der Waals surface area (Å²) in [6.45, 7) is 4.50. The van der Waals surface area contributed by atoms with Crippen molar-refractivity contribution in [3.05, 3.63) is 34.8 Å². The molecular weight excluding hydrogens is 300 g/mol. The van der Waals surface area contributed by atoms with Crippen molar-refractivity contribution in [1.29, 1.82) is 0 Å². The molecule has 0 bridgehead atoms. The summed E-state index contributed by atoms with van der Waals surface area (Å²) in [5, 5.41) is 10.9. The van der Waals surface area contributed by atoms with Gasteiger partial charge in [0.15, 0.2) is 0 Å². The Morgan fingerprint density at radius 1 is 0.957 bits per heavy atom. The van der Waals surface area contributed by atoms with Crippen molar-refractivity contribution < 1.29 is 0 Å². The van der Waals surface area contributed by atoms with E-state index >= 15 is 0 Å². The number of rotatable bonds is 6. The van der Waals surface area contributed by atoms with Crippen LogP contribution in [0.25, 0.3) is 10.6 Å². The first-order valence-corrected chi connectivity index (χ1v) is 10.0. The van der Waals surface area contributed by atoms with Gasteiger partial charge >= 0.3 is 0 Å². The summed E-state index contributed by atoms with van der Waals surface area (Å²) < 4.78 is 0. The molecule has 0 radical (unpaired) electrons. The molecule has 1 aromatic heterocycles. The second-order valence-electron chi connectivity index (χ2n) is 6.88. The average Bonchev–Trinajstić information content (AvgIpc) is 3.05. The van der Waals surface area contributed by atoms with Crippen LogP contribution in [-0.4, -0.2) is 10.2 Å². The Labute approximate surface area is 144 Å². The summed E-state index contributed by atoms with van der Waals surface area (Å²) in [5.41, 5.74) is 2.73. The zero-order chi connectivity index (χ0) is 16.1. The molecule has 1 aliphatic rings. The highest BCUT2D eigenvalue weighted by Gasteiger charge is 2.21. The van der Waals surface area contributed by atoms with E-state index in [4.69, 9.17) is 0 Å². The molecule has 0 atom stereocenters. The minimum Gasteiger partial charge on any atom is -0.143 e. The smallest absolute Gasteiger partial charge is 0.143 e. The fourth-order valence-corrected chi connectivity index (χ4v) is 4.72. The monoisotopic (exact) mass is 328 g/mol. The van der Waals surface area contributed by atoms with Gasteiger partial charge in [0.05, 0.1) is 0 Å². The number of hydrogen-bond donors (Lipinski definition) is 0. The van der Waals surface area contributed by atoms with Gasteiger partial charge in [-0.15, -0.1) is 10.2 Å². The summed E-state index contributed by atoms with van der Waals surface area (Å²) in [6, 6.07) is 9.12. The zero-order valence-corrected chi connectivity index (χ0v) is 15.2. The van der Waals surface area contributed by atoms with E-state index < -0.39 is 0 Å². The zero-order valence-electron chi connectivity index (χ0n) is 14.4. The van der Waals surface area contributed by atoms with E-state index in [2.05, 4.69) is 48.3 Å². The van der Waals surface area contributed by atoms with E-state index in [1.165, 1.54) is 49.7 Å². The number of hydrogen-bond acceptors (Lipinski definition) is 3. The fraction of sp³-hybridized carbons (Fsp3) is 0.600. The van der Waals surface area contributed by atoms with Crippen LogP contribution >= 0.6 is 11.3 Å². The van der Waals surface area contributed by atoms with E-state index in [1.807, 2.05) is 0 Å². The first-order chi connectivity index (χ1) is 11.3. The Hall–Kier alpha value is -1.22. The van der Waals surface area contributed by atoms with Gasteiger partial charge in [-0.2, -0.15) is 0 Å². The predicted octanol–water partition coefficient (Wildman–Crippen LogP) is 6.23. The lowest BCUT2D eigenvalue weighted by Gasteiger charge is -2.28. The maximum Gasteiger partial charge on any atom is 0.147 e. The van der Waals surface area contributed by atoms with E-state index in [9.17, 15) is 0 Å². The van der Waals surface area contributed by atoms with Crippen LogP contribution in [0.5, 0.6) is 0 Å². The van der Waals surface area contributed by atoms with Gasteiger partial charge < -0.3 is 0 Å². The topological polar surface area (TPSA) is 25.8 Å². The third-order valence-electron chi connectivity index (χ3n) is 5.10. The molecule has 23 heavy (non-hydrogen) atoms. The quantitative estimate of drug-likeness (QED) is 0.628. The molecule has 1 aliphatic carbocycles. The van der Waals surface area contributed by atoms with Crippen LogP contribution in [0.3, 0.4) is 0 Å². The standard InChI is InChI=1S/C20H28N2S/c1-3-5-15-7-9-16(10-8-15)17-11-13-18(14-12-17)20-22-21-19(23-20)6-4-2/h11-16H,3-10H2,1-2H3/t15-,16-. The van der Waals surface area contributed by atoms with Gasteiger partial charge in [-0.3, -0.25) is 0 Å². The summed E-state index contributed by atoms with van der Waals surface area (Å²) in [6.07, 6.45) is 10.5. The molecule has 0 aliphatic heterocycles. The Kier molecular flexibility index (Phi) is 5.82. The second-order valence-corrected chi connectivity index (χ2v) is 7.94. The van der Waals surface area contributed by atoms with E-state index in [1.54, 1.807) is 11.3 Å². The summed E-state index contributed by atoms with van der Waals surface area (Å²) in [5.74, 6) is 1.75. The first kappa shape index (κ1) is 16.6. The SMILES string of the molecule is CCCc1nnc(-c2ccc([C@H]3CC[C@H](CCC)CC3)cc2)s1. The third kappa shape index (κ3) is 4.20. The van der Waals surface area contributed by atoms with Crippen molar-refractivity contribution in [2.45, 2.75) is 71.1 Å². The number of nitrogens with zero attached hydrogens (tertiary/aromatic N) is 2. The van der Waals surface area contributed by atoms with Gasteiger partial charge in [-0.25, -0.2) is 0 Å². The first-order valence-electron chi connectivity index (χ1n) is 9.22. The second kappa shape index (κ2) is 8.05. The van der Waals surface area contributed by atoms with Crippen molar-refractivity contribution in [2.75, 3.05) is 0 Å². The Morgan fingerprint density at radius 2 is 1.70 bits per heavy atom. The lowest BCUT2D eigenvalue weighted by molar-refractivity contribution is 0.308. The van der Waals surface area contributed by atoms with Crippen LogP contribution in [0.15, 0.2) is 24.3 Å². The van der Waals surface area contributed by atoms with Gasteiger partial charge in [0, 0.05) is 12.0 Å². The number of benzene rings is 1. The molecule has 124 valence electrons. The molecule has 1 saturated carbocycles. The minimum atomic E-state index is 0.766. The van der Waals surface area contributed by atoms with E-state index in [-0.39, 0.29) is 0 Å². The molecule has 0 spiro atoms. The van der Waals surface area contributed by atoms with Crippen molar-refractivity contribution in [1.82, 2.24) is 10.2 Å². The molecule has 3 rings (SSSR count). The molecule has 2 aromatic rings. The van der Waals surface area contributed by atoms with E-state index in [0.29, 0.717) is 0 Å². The Balaban J connectivity index is 1.63. The Bertz CT molecular complexity index is 594. The Morgan fingerprint density at radius 3 is 2.35 bits per heavy atom. The molecule has 0 amide bonds. The molecule has 0 unspecified atom stereocenters. The molecule has 2 nitrogen and oxygen atoms in total. The normalized spacial score (nSPS) is 21.5. The predicted molar refractivity (Wildman–Crippen MR) is 98.9 cm³/mol. The van der Waals surface area contributed by atoms with Gasteiger partial charge in [0.25, 0.3) is 0 Å². The molecular formula is C20H28N2S. The molecule has 0 N–H and O–H groups in total. The maximum atomic E-state index is 4.35. The van der Waals surface area contributed by atoms with Crippen LogP contribution in [0, 0.1) is 5.92 Å². The molecule has 1 aromatic carbocycles. The molecule has 1 fully saturated rings. The van der Waals surface area contributed by atoms with Crippen LogP contribution in [0.4, 0.5) is 0 Å². The largest absolute Gasteiger partial charge is 0.147 e. The summed E-state index contributed by atoms with van der Waals surface area (Å²) >= 11 is 1.74. The fourth-order valence-electron chi connectivity index (χ4n) is 3.78. The lowest BCUT2D eigenvalue weighted by atomic mass is 9.77. The highest BCUT2D eigenvalue weighted by molar-refractivity contribution is 7.14. The van der Waals surface area contributed by atoms with Gasteiger partial charge in [-0.05, 0) is 49.5 Å². The van der Waals surface area contributed by atoms with Gasteiger partial charge in [0.1, 0.15) is 10.0 Å². The number of aromatic nitrogens is 2. The van der Waals surface area contributed by atoms with Crippen molar-refractivity contribution in [2.24, 2.45) is 5.92 Å². The van der Waals surface area contributed by atoms with Crippen molar-refractivity contribution in [3.63, 3.8) is 0 Å². The third-order valence-corrected chi connectivity index (χ3v) is 6.14. The lowest BCUT2D eigenvalue weighted by Crippen LogP contribution is -2.13. The van der Waals surface area contributed by atoms with Crippen LogP contribution in [0.2, 0.25) is 0 Å². The van der Waals surface area contributed by atoms with E-state index in [0.717, 1.165) is 34.7 Å². The highest BCUT2D eigenvalue weighted by Crippen LogP contribution is 2.38. The maximum absolute atomic E-state index is 4.35. The molecule has 0 saturated heterocycles. The van der Waals surface area contributed by atoms with Crippen LogP contribution in [0.1, 0.15) is 75.3 Å².